The zero-order valence-electron chi connectivity index (χ0n) is 30.8. The Balaban J connectivity index is 1.12. The Morgan fingerprint density at radius 2 is 1.04 bits per heavy atom. The lowest BCUT2D eigenvalue weighted by Crippen LogP contribution is -2.00. The minimum Gasteiger partial charge on any atom is -0.497 e. The maximum atomic E-state index is 10.6. The fourth-order valence-electron chi connectivity index (χ4n) is 8.85. The second-order valence-electron chi connectivity index (χ2n) is 14.4. The second-order valence-corrected chi connectivity index (χ2v) is 14.4. The third-order valence-electron chi connectivity index (χ3n) is 11.4. The van der Waals surface area contributed by atoms with Crippen molar-refractivity contribution in [2.75, 3.05) is 7.11 Å². The number of hydrogen-bond acceptors (Lipinski definition) is 2. The van der Waals surface area contributed by atoms with E-state index in [1.54, 1.807) is 7.11 Å². The number of hydrogen-bond donors (Lipinski definition) is 0. The van der Waals surface area contributed by atoms with Gasteiger partial charge in [0.2, 0.25) is 0 Å². The fraction of sp³-hybridized carbons (Fsp3) is 0.0196. The molecule has 0 unspecified atom stereocenters. The quantitative estimate of drug-likeness (QED) is 0.166. The highest BCUT2D eigenvalue weighted by atomic mass is 16.5. The van der Waals surface area contributed by atoms with E-state index in [9.17, 15) is 5.26 Å². The van der Waals surface area contributed by atoms with Gasteiger partial charge in [-0.25, -0.2) is 4.85 Å². The van der Waals surface area contributed by atoms with Gasteiger partial charge < -0.3 is 18.4 Å². The zero-order chi connectivity index (χ0) is 38.2. The van der Waals surface area contributed by atoms with Gasteiger partial charge in [0.05, 0.1) is 58.2 Å². The Morgan fingerprint density at radius 1 is 0.474 bits per heavy atom. The van der Waals surface area contributed by atoms with Crippen LogP contribution in [0.15, 0.2) is 170 Å². The molecule has 0 amide bonds. The number of nitrogens with zero attached hydrogens (tertiary/aromatic N) is 5. The molecule has 6 nitrogen and oxygen atoms in total. The lowest BCUT2D eigenvalue weighted by Gasteiger charge is -2.15. The van der Waals surface area contributed by atoms with Crippen LogP contribution in [0, 0.1) is 17.9 Å². The first-order valence-electron chi connectivity index (χ1n) is 18.8. The molecule has 11 rings (SSSR count). The average molecular weight is 730 g/mol. The summed E-state index contributed by atoms with van der Waals surface area (Å²) in [5.74, 6) is 0.704. The van der Waals surface area contributed by atoms with Crippen LogP contribution >= 0.6 is 0 Å². The van der Waals surface area contributed by atoms with Crippen LogP contribution in [0.1, 0.15) is 5.56 Å². The van der Waals surface area contributed by atoms with Crippen molar-refractivity contribution >= 4 is 71.1 Å². The molecule has 8 aromatic carbocycles. The van der Waals surface area contributed by atoms with Crippen molar-refractivity contribution in [3.63, 3.8) is 0 Å². The molecule has 0 spiro atoms. The van der Waals surface area contributed by atoms with Gasteiger partial charge in [-0.15, -0.1) is 0 Å². The molecule has 0 atom stereocenters. The van der Waals surface area contributed by atoms with Crippen molar-refractivity contribution in [1.82, 2.24) is 13.7 Å². The molecule has 266 valence electrons. The monoisotopic (exact) mass is 729 g/mol. The van der Waals surface area contributed by atoms with Crippen molar-refractivity contribution in [2.24, 2.45) is 0 Å². The third kappa shape index (κ3) is 4.82. The van der Waals surface area contributed by atoms with Gasteiger partial charge in [-0.1, -0.05) is 91.0 Å². The number of benzene rings is 8. The van der Waals surface area contributed by atoms with Crippen LogP contribution in [0.25, 0.3) is 98.5 Å². The Hall–Kier alpha value is -8.06. The number of rotatable bonds is 5. The van der Waals surface area contributed by atoms with E-state index in [2.05, 4.69) is 140 Å². The lowest BCUT2D eigenvalue weighted by molar-refractivity contribution is 0.415. The molecule has 0 aliphatic carbocycles. The Kier molecular flexibility index (Phi) is 7.10. The number of para-hydroxylation sites is 4. The number of aromatic nitrogens is 3. The van der Waals surface area contributed by atoms with Crippen LogP contribution in [0.5, 0.6) is 5.75 Å². The summed E-state index contributed by atoms with van der Waals surface area (Å²) in [5, 5.41) is 17.4. The summed E-state index contributed by atoms with van der Waals surface area (Å²) in [5.41, 5.74) is 12.2. The van der Waals surface area contributed by atoms with Gasteiger partial charge in [0.25, 0.3) is 0 Å². The molecule has 3 heterocycles. The summed E-state index contributed by atoms with van der Waals surface area (Å²) in [6.07, 6.45) is 0. The lowest BCUT2D eigenvalue weighted by atomic mass is 10.0. The molecule has 57 heavy (non-hydrogen) atoms. The highest BCUT2D eigenvalue weighted by molar-refractivity contribution is 6.13. The molecular weight excluding hydrogens is 699 g/mol. The predicted molar refractivity (Wildman–Crippen MR) is 232 cm³/mol. The number of ether oxygens (including phenoxy) is 1. The normalized spacial score (nSPS) is 11.6. The Morgan fingerprint density at radius 3 is 1.65 bits per heavy atom. The van der Waals surface area contributed by atoms with Crippen molar-refractivity contribution in [1.29, 1.82) is 5.26 Å². The molecule has 0 saturated carbocycles. The summed E-state index contributed by atoms with van der Waals surface area (Å²) in [6, 6.07) is 61.2. The molecule has 0 fully saturated rings. The van der Waals surface area contributed by atoms with Gasteiger partial charge in [-0.3, -0.25) is 0 Å². The van der Waals surface area contributed by atoms with E-state index in [1.807, 2.05) is 54.6 Å². The summed E-state index contributed by atoms with van der Waals surface area (Å²) in [4.78, 5) is 3.74. The minimum atomic E-state index is 0.574. The number of nitriles is 1. The highest BCUT2D eigenvalue weighted by Crippen LogP contribution is 2.40. The van der Waals surface area contributed by atoms with Gasteiger partial charge in [-0.05, 0) is 83.9 Å². The van der Waals surface area contributed by atoms with E-state index < -0.39 is 0 Å². The molecule has 0 aliphatic rings. The van der Waals surface area contributed by atoms with Crippen molar-refractivity contribution in [3.8, 4) is 40.0 Å². The summed E-state index contributed by atoms with van der Waals surface area (Å²) in [7, 11) is 1.68. The minimum absolute atomic E-state index is 0.574. The van der Waals surface area contributed by atoms with Crippen LogP contribution < -0.4 is 4.74 Å². The van der Waals surface area contributed by atoms with Crippen LogP contribution in [0.4, 0.5) is 5.69 Å². The highest BCUT2D eigenvalue weighted by Gasteiger charge is 2.20. The van der Waals surface area contributed by atoms with Crippen LogP contribution in [-0.4, -0.2) is 20.8 Å². The molecule has 0 aliphatic heterocycles. The summed E-state index contributed by atoms with van der Waals surface area (Å²) < 4.78 is 12.7. The van der Waals surface area contributed by atoms with Crippen LogP contribution in [-0.2, 0) is 0 Å². The first-order chi connectivity index (χ1) is 28.1. The maximum absolute atomic E-state index is 10.6. The van der Waals surface area contributed by atoms with Crippen molar-refractivity contribution < 1.29 is 4.74 Å². The molecular formula is C51H31N5O. The van der Waals surface area contributed by atoms with Gasteiger partial charge in [0, 0.05) is 49.6 Å². The zero-order valence-corrected chi connectivity index (χ0v) is 30.8. The molecule has 11 aromatic rings. The first-order valence-corrected chi connectivity index (χ1v) is 18.8. The van der Waals surface area contributed by atoms with Crippen LogP contribution in [0.2, 0.25) is 0 Å². The SMILES string of the molecule is [C-]#[N+]c1ccc2c3ccccc3n(-c3cc(OC)cc(-c4ccc(C#N)c(-n5c6ccccc6c6cc(-n7c8ccccc8c8ccccc87)ccc65)c4)c3)c2c1. The summed E-state index contributed by atoms with van der Waals surface area (Å²) >= 11 is 0. The second kappa shape index (κ2) is 12.5. The molecule has 0 radical (unpaired) electrons. The Labute approximate surface area is 327 Å². The fourth-order valence-corrected chi connectivity index (χ4v) is 8.85. The average Bonchev–Trinajstić information content (AvgIpc) is 3.91. The van der Waals surface area contributed by atoms with Gasteiger partial charge in [0.15, 0.2) is 5.69 Å². The molecule has 6 heteroatoms. The molecule has 3 aromatic heterocycles. The van der Waals surface area contributed by atoms with Gasteiger partial charge >= 0.3 is 0 Å². The molecule has 0 N–H and O–H groups in total. The largest absolute Gasteiger partial charge is 0.497 e. The first kappa shape index (κ1) is 32.4. The third-order valence-corrected chi connectivity index (χ3v) is 11.4. The van der Waals surface area contributed by atoms with E-state index in [4.69, 9.17) is 11.3 Å². The van der Waals surface area contributed by atoms with E-state index in [0.29, 0.717) is 17.0 Å². The smallest absolute Gasteiger partial charge is 0.189 e. The topological polar surface area (TPSA) is 52.2 Å². The number of methoxy groups -OCH3 is 1. The van der Waals surface area contributed by atoms with E-state index in [-0.39, 0.29) is 0 Å². The van der Waals surface area contributed by atoms with Gasteiger partial charge in [-0.2, -0.15) is 5.26 Å². The van der Waals surface area contributed by atoms with E-state index >= 15 is 0 Å². The predicted octanol–water partition coefficient (Wildman–Crippen LogP) is 13.1. The standard InChI is InChI=1S/C51H31N5O/c1-53-35-21-23-43-41-13-5-9-17-47(41)55(51(43)28-35)37-25-34(26-38(29-37)57-2)32-19-20-33(31-52)50(27-32)56-48-18-10-6-14-42(48)44-30-36(22-24-49(44)56)54-45-15-7-3-11-39(45)40-12-4-8-16-46(40)54/h3-30H,2H3. The molecule has 0 saturated heterocycles. The van der Waals surface area contributed by atoms with Crippen LogP contribution in [0.3, 0.4) is 0 Å². The van der Waals surface area contributed by atoms with Gasteiger partial charge in [0.1, 0.15) is 11.8 Å². The maximum Gasteiger partial charge on any atom is 0.189 e. The van der Waals surface area contributed by atoms with E-state index in [0.717, 1.165) is 82.8 Å². The van der Waals surface area contributed by atoms with E-state index in [1.165, 1.54) is 10.8 Å². The Bertz CT molecular complexity index is 3500. The summed E-state index contributed by atoms with van der Waals surface area (Å²) in [6.45, 7) is 7.72. The van der Waals surface area contributed by atoms with Crippen molar-refractivity contribution in [2.45, 2.75) is 0 Å². The van der Waals surface area contributed by atoms with Crippen molar-refractivity contribution in [3.05, 3.63) is 187 Å². The number of fused-ring (bicyclic) bond motifs is 9. The molecule has 0 bridgehead atoms.